The van der Waals surface area contributed by atoms with E-state index in [1.165, 1.54) is 25.7 Å². The first-order valence-electron chi connectivity index (χ1n) is 5.30. The van der Waals surface area contributed by atoms with Crippen LogP contribution in [0.1, 0.15) is 39.5 Å². The van der Waals surface area contributed by atoms with E-state index >= 15 is 0 Å². The monoisotopic (exact) mass is 200 g/mol. The van der Waals surface area contributed by atoms with Crippen LogP contribution in [0.25, 0.3) is 0 Å². The zero-order chi connectivity index (χ0) is 9.68. The topological polar surface area (TPSA) is 24.1 Å². The average molecular weight is 200 g/mol. The van der Waals surface area contributed by atoms with Crippen LogP contribution in [0.15, 0.2) is 0 Å². The van der Waals surface area contributed by atoms with Crippen LogP contribution in [-0.2, 0) is 0 Å². The summed E-state index contributed by atoms with van der Waals surface area (Å²) in [5, 5.41) is 7.40. The average Bonchev–Trinajstić information content (AvgIpc) is 2.90. The van der Waals surface area contributed by atoms with Gasteiger partial charge >= 0.3 is 0 Å². The number of thiocarbonyl (C=S) groups is 1. The maximum absolute atomic E-state index is 5.16. The van der Waals surface area contributed by atoms with E-state index in [-0.39, 0.29) is 0 Å². The van der Waals surface area contributed by atoms with Crippen LogP contribution in [0, 0.1) is 5.92 Å². The molecule has 0 spiro atoms. The first kappa shape index (κ1) is 10.8. The van der Waals surface area contributed by atoms with Crippen LogP contribution < -0.4 is 10.6 Å². The number of hydrogen-bond acceptors (Lipinski definition) is 1. The minimum absolute atomic E-state index is 0.668. The Morgan fingerprint density at radius 3 is 2.46 bits per heavy atom. The van der Waals surface area contributed by atoms with Crippen LogP contribution >= 0.6 is 12.2 Å². The Morgan fingerprint density at radius 1 is 1.38 bits per heavy atom. The standard InChI is InChI=1S/C10H20N2S/c1-3-8(4-2)7-11-10(13)12-9-5-6-9/h8-9H,3-7H2,1-2H3,(H2,11,12,13). The summed E-state index contributed by atoms with van der Waals surface area (Å²) in [5.41, 5.74) is 0. The molecule has 1 fully saturated rings. The van der Waals surface area contributed by atoms with Crippen molar-refractivity contribution in [3.8, 4) is 0 Å². The molecule has 0 saturated heterocycles. The van der Waals surface area contributed by atoms with Gasteiger partial charge < -0.3 is 10.6 Å². The van der Waals surface area contributed by atoms with E-state index in [0.29, 0.717) is 6.04 Å². The van der Waals surface area contributed by atoms with E-state index in [4.69, 9.17) is 12.2 Å². The molecule has 0 bridgehead atoms. The molecule has 0 aromatic rings. The molecule has 1 saturated carbocycles. The quantitative estimate of drug-likeness (QED) is 0.664. The third-order valence-corrected chi connectivity index (χ3v) is 2.88. The zero-order valence-corrected chi connectivity index (χ0v) is 9.41. The Kier molecular flexibility index (Phi) is 4.50. The predicted molar refractivity (Wildman–Crippen MR) is 60.8 cm³/mol. The van der Waals surface area contributed by atoms with Crippen molar-refractivity contribution in [2.45, 2.75) is 45.6 Å². The number of hydrogen-bond donors (Lipinski definition) is 2. The molecule has 0 amide bonds. The van der Waals surface area contributed by atoms with Crippen molar-refractivity contribution in [1.29, 1.82) is 0 Å². The summed E-state index contributed by atoms with van der Waals surface area (Å²) < 4.78 is 0. The lowest BCUT2D eigenvalue weighted by Crippen LogP contribution is -2.38. The van der Waals surface area contributed by atoms with Crippen LogP contribution in [-0.4, -0.2) is 17.7 Å². The largest absolute Gasteiger partial charge is 0.362 e. The molecule has 1 rings (SSSR count). The first-order chi connectivity index (χ1) is 6.26. The highest BCUT2D eigenvalue weighted by Gasteiger charge is 2.21. The Balaban J connectivity index is 2.05. The zero-order valence-electron chi connectivity index (χ0n) is 8.60. The van der Waals surface area contributed by atoms with E-state index in [0.717, 1.165) is 17.6 Å². The molecule has 0 atom stereocenters. The van der Waals surface area contributed by atoms with Crippen LogP contribution in [0.3, 0.4) is 0 Å². The SMILES string of the molecule is CCC(CC)CNC(=S)NC1CC1. The van der Waals surface area contributed by atoms with E-state index in [9.17, 15) is 0 Å². The molecule has 0 radical (unpaired) electrons. The summed E-state index contributed by atoms with van der Waals surface area (Å²) in [6.07, 6.45) is 5.03. The first-order valence-corrected chi connectivity index (χ1v) is 5.71. The lowest BCUT2D eigenvalue weighted by Gasteiger charge is -2.15. The van der Waals surface area contributed by atoms with Gasteiger partial charge in [-0.1, -0.05) is 26.7 Å². The summed E-state index contributed by atoms with van der Waals surface area (Å²) in [6, 6.07) is 0.668. The number of nitrogens with one attached hydrogen (secondary N) is 2. The molecule has 3 heteroatoms. The summed E-state index contributed by atoms with van der Waals surface area (Å²) in [5.74, 6) is 0.763. The highest BCUT2D eigenvalue weighted by atomic mass is 32.1. The van der Waals surface area contributed by atoms with Gasteiger partial charge in [-0.25, -0.2) is 0 Å². The second-order valence-electron chi connectivity index (χ2n) is 3.81. The van der Waals surface area contributed by atoms with Crippen molar-refractivity contribution in [3.05, 3.63) is 0 Å². The van der Waals surface area contributed by atoms with Crippen molar-refractivity contribution in [1.82, 2.24) is 10.6 Å². The fraction of sp³-hybridized carbons (Fsp3) is 0.900. The van der Waals surface area contributed by atoms with E-state index in [1.54, 1.807) is 0 Å². The fourth-order valence-electron chi connectivity index (χ4n) is 1.28. The molecule has 1 aliphatic carbocycles. The lowest BCUT2D eigenvalue weighted by molar-refractivity contribution is 0.483. The van der Waals surface area contributed by atoms with Gasteiger partial charge in [-0.05, 0) is 31.0 Å². The highest BCUT2D eigenvalue weighted by Crippen LogP contribution is 2.18. The second kappa shape index (κ2) is 5.43. The van der Waals surface area contributed by atoms with Crippen molar-refractivity contribution in [2.75, 3.05) is 6.54 Å². The van der Waals surface area contributed by atoms with E-state index < -0.39 is 0 Å². The Bertz CT molecular complexity index is 162. The fourth-order valence-corrected chi connectivity index (χ4v) is 1.53. The highest BCUT2D eigenvalue weighted by molar-refractivity contribution is 7.80. The smallest absolute Gasteiger partial charge is 0.166 e. The number of rotatable bonds is 5. The third-order valence-electron chi connectivity index (χ3n) is 2.62. The summed E-state index contributed by atoms with van der Waals surface area (Å²) >= 11 is 5.16. The molecule has 0 aromatic heterocycles. The Labute approximate surface area is 86.5 Å². The van der Waals surface area contributed by atoms with Crippen molar-refractivity contribution < 1.29 is 0 Å². The van der Waals surface area contributed by atoms with Crippen LogP contribution in [0.4, 0.5) is 0 Å². The summed E-state index contributed by atoms with van der Waals surface area (Å²) in [7, 11) is 0. The van der Waals surface area contributed by atoms with Gasteiger partial charge in [0, 0.05) is 12.6 Å². The minimum atomic E-state index is 0.668. The molecule has 2 N–H and O–H groups in total. The van der Waals surface area contributed by atoms with Crippen molar-refractivity contribution >= 4 is 17.3 Å². The Morgan fingerprint density at radius 2 is 2.00 bits per heavy atom. The lowest BCUT2D eigenvalue weighted by atomic mass is 10.0. The van der Waals surface area contributed by atoms with Gasteiger partial charge in [0.25, 0.3) is 0 Å². The maximum Gasteiger partial charge on any atom is 0.166 e. The van der Waals surface area contributed by atoms with Gasteiger partial charge in [0.15, 0.2) is 5.11 Å². The van der Waals surface area contributed by atoms with Gasteiger partial charge in [-0.3, -0.25) is 0 Å². The molecule has 1 aliphatic rings. The van der Waals surface area contributed by atoms with Crippen molar-refractivity contribution in [3.63, 3.8) is 0 Å². The molecule has 2 nitrogen and oxygen atoms in total. The predicted octanol–water partition coefficient (Wildman–Crippen LogP) is 2.05. The summed E-state index contributed by atoms with van der Waals surface area (Å²) in [6.45, 7) is 5.48. The molecule has 0 heterocycles. The molecule has 0 unspecified atom stereocenters. The molecule has 0 aliphatic heterocycles. The molecular weight excluding hydrogens is 180 g/mol. The van der Waals surface area contributed by atoms with Gasteiger partial charge in [0.05, 0.1) is 0 Å². The van der Waals surface area contributed by atoms with Gasteiger partial charge in [-0.2, -0.15) is 0 Å². The van der Waals surface area contributed by atoms with E-state index in [2.05, 4.69) is 24.5 Å². The van der Waals surface area contributed by atoms with Crippen LogP contribution in [0.2, 0.25) is 0 Å². The van der Waals surface area contributed by atoms with Gasteiger partial charge in [-0.15, -0.1) is 0 Å². The summed E-state index contributed by atoms with van der Waals surface area (Å²) in [4.78, 5) is 0. The van der Waals surface area contributed by atoms with Crippen LogP contribution in [0.5, 0.6) is 0 Å². The molecule has 13 heavy (non-hydrogen) atoms. The van der Waals surface area contributed by atoms with Gasteiger partial charge in [0.2, 0.25) is 0 Å². The van der Waals surface area contributed by atoms with Gasteiger partial charge in [0.1, 0.15) is 0 Å². The van der Waals surface area contributed by atoms with E-state index in [1.807, 2.05) is 0 Å². The maximum atomic E-state index is 5.16. The second-order valence-corrected chi connectivity index (χ2v) is 4.22. The minimum Gasteiger partial charge on any atom is -0.362 e. The molecular formula is C10H20N2S. The third kappa shape index (κ3) is 4.46. The van der Waals surface area contributed by atoms with Crippen molar-refractivity contribution in [2.24, 2.45) is 5.92 Å². The molecule has 0 aromatic carbocycles. The molecule has 76 valence electrons. The Hall–Kier alpha value is -0.310. The normalized spacial score (nSPS) is 15.9.